The molecule has 0 spiro atoms. The second kappa shape index (κ2) is 8.30. The number of carbonyl (C=O) groups is 1. The lowest BCUT2D eigenvalue weighted by Crippen LogP contribution is -1.98. The quantitative estimate of drug-likeness (QED) is 0.293. The predicted octanol–water partition coefficient (Wildman–Crippen LogP) is 6.58. The second-order valence-electron chi connectivity index (χ2n) is 7.14. The number of para-hydroxylation sites is 1. The van der Waals surface area contributed by atoms with Crippen LogP contribution in [0, 0.1) is 0 Å². The SMILES string of the molecule is COc1ccc(-c2nn(-c3ccccc3)cc2/C=C2\Oc3ccc(Br)cc3C2=O)cc1Cl. The Morgan fingerprint density at radius 1 is 1.09 bits per heavy atom. The molecule has 1 aliphatic heterocycles. The minimum Gasteiger partial charge on any atom is -0.495 e. The molecule has 0 saturated heterocycles. The molecule has 1 aromatic heterocycles. The molecule has 7 heteroatoms. The fraction of sp³-hybridized carbons (Fsp3) is 0.0400. The van der Waals surface area contributed by atoms with Gasteiger partial charge in [-0.3, -0.25) is 4.79 Å². The number of hydrogen-bond acceptors (Lipinski definition) is 4. The number of benzene rings is 3. The van der Waals surface area contributed by atoms with Crippen molar-refractivity contribution in [1.82, 2.24) is 9.78 Å². The molecule has 0 amide bonds. The van der Waals surface area contributed by atoms with Gasteiger partial charge in [-0.15, -0.1) is 0 Å². The molecule has 0 fully saturated rings. The van der Waals surface area contributed by atoms with E-state index < -0.39 is 0 Å². The Morgan fingerprint density at radius 2 is 1.91 bits per heavy atom. The first-order valence-corrected chi connectivity index (χ1v) is 10.9. The van der Waals surface area contributed by atoms with E-state index in [2.05, 4.69) is 15.9 Å². The first kappa shape index (κ1) is 20.5. The Bertz CT molecular complexity index is 1380. The highest BCUT2D eigenvalue weighted by molar-refractivity contribution is 9.10. The van der Waals surface area contributed by atoms with Gasteiger partial charge in [0.05, 0.1) is 23.4 Å². The van der Waals surface area contributed by atoms with E-state index in [0.717, 1.165) is 21.3 Å². The normalized spacial score (nSPS) is 13.8. The van der Waals surface area contributed by atoms with E-state index in [9.17, 15) is 4.79 Å². The second-order valence-corrected chi connectivity index (χ2v) is 8.47. The van der Waals surface area contributed by atoms with Crippen LogP contribution in [0.1, 0.15) is 15.9 Å². The number of hydrogen-bond donors (Lipinski definition) is 0. The fourth-order valence-electron chi connectivity index (χ4n) is 3.55. The highest BCUT2D eigenvalue weighted by atomic mass is 79.9. The maximum absolute atomic E-state index is 12.9. The zero-order valence-electron chi connectivity index (χ0n) is 16.9. The number of Topliss-reactive ketones (excluding diaryl/α,β-unsaturated/α-hetero) is 1. The zero-order valence-corrected chi connectivity index (χ0v) is 19.2. The van der Waals surface area contributed by atoms with Gasteiger partial charge in [0.15, 0.2) is 5.76 Å². The molecule has 0 radical (unpaired) electrons. The van der Waals surface area contributed by atoms with E-state index in [-0.39, 0.29) is 11.5 Å². The number of fused-ring (bicyclic) bond motifs is 1. The predicted molar refractivity (Wildman–Crippen MR) is 128 cm³/mol. The number of nitrogens with zero attached hydrogens (tertiary/aromatic N) is 2. The van der Waals surface area contributed by atoms with Gasteiger partial charge in [0.2, 0.25) is 5.78 Å². The summed E-state index contributed by atoms with van der Waals surface area (Å²) < 4.78 is 13.7. The average Bonchev–Trinajstić information content (AvgIpc) is 3.36. The first-order chi connectivity index (χ1) is 15.5. The third-order valence-corrected chi connectivity index (χ3v) is 5.89. The number of methoxy groups -OCH3 is 1. The summed E-state index contributed by atoms with van der Waals surface area (Å²) >= 11 is 9.77. The van der Waals surface area contributed by atoms with Gasteiger partial charge in [-0.05, 0) is 54.6 Å². The summed E-state index contributed by atoms with van der Waals surface area (Å²) in [6.45, 7) is 0. The average molecular weight is 508 g/mol. The Morgan fingerprint density at radius 3 is 2.66 bits per heavy atom. The first-order valence-electron chi connectivity index (χ1n) is 9.76. The van der Waals surface area contributed by atoms with Gasteiger partial charge in [0.1, 0.15) is 17.2 Å². The van der Waals surface area contributed by atoms with Crippen LogP contribution in [0.2, 0.25) is 5.02 Å². The Hall–Kier alpha value is -3.35. The summed E-state index contributed by atoms with van der Waals surface area (Å²) in [4.78, 5) is 12.9. The Kier molecular flexibility index (Phi) is 5.33. The van der Waals surface area contributed by atoms with Crippen molar-refractivity contribution in [2.45, 2.75) is 0 Å². The lowest BCUT2D eigenvalue weighted by Gasteiger charge is -2.05. The molecule has 158 valence electrons. The van der Waals surface area contributed by atoms with Crippen LogP contribution in [0.5, 0.6) is 11.5 Å². The third-order valence-electron chi connectivity index (χ3n) is 5.11. The van der Waals surface area contributed by atoms with Crippen LogP contribution in [0.3, 0.4) is 0 Å². The van der Waals surface area contributed by atoms with Crippen molar-refractivity contribution in [2.24, 2.45) is 0 Å². The maximum Gasteiger partial charge on any atom is 0.232 e. The molecular weight excluding hydrogens is 492 g/mol. The molecule has 1 aliphatic rings. The lowest BCUT2D eigenvalue weighted by atomic mass is 10.1. The molecule has 0 saturated carbocycles. The number of carbonyl (C=O) groups excluding carboxylic acids is 1. The van der Waals surface area contributed by atoms with Crippen LogP contribution in [0.25, 0.3) is 23.0 Å². The number of allylic oxidation sites excluding steroid dienone is 1. The van der Waals surface area contributed by atoms with Crippen molar-refractivity contribution in [3.05, 3.63) is 99.3 Å². The molecule has 5 rings (SSSR count). The monoisotopic (exact) mass is 506 g/mol. The van der Waals surface area contributed by atoms with Crippen molar-refractivity contribution in [1.29, 1.82) is 0 Å². The van der Waals surface area contributed by atoms with Crippen molar-refractivity contribution in [2.75, 3.05) is 7.11 Å². The number of ketones is 1. The van der Waals surface area contributed by atoms with Gasteiger partial charge in [-0.2, -0.15) is 5.10 Å². The third kappa shape index (κ3) is 3.72. The smallest absolute Gasteiger partial charge is 0.232 e. The maximum atomic E-state index is 12.9. The van der Waals surface area contributed by atoms with Gasteiger partial charge in [-0.1, -0.05) is 45.7 Å². The van der Waals surface area contributed by atoms with Crippen molar-refractivity contribution in [3.8, 4) is 28.4 Å². The molecule has 32 heavy (non-hydrogen) atoms. The summed E-state index contributed by atoms with van der Waals surface area (Å²) in [5.41, 5.74) is 3.60. The van der Waals surface area contributed by atoms with Gasteiger partial charge >= 0.3 is 0 Å². The lowest BCUT2D eigenvalue weighted by molar-refractivity contribution is 0.101. The van der Waals surface area contributed by atoms with Crippen LogP contribution in [-0.2, 0) is 0 Å². The molecule has 3 aromatic carbocycles. The minimum atomic E-state index is -0.174. The van der Waals surface area contributed by atoms with E-state index in [1.165, 1.54) is 0 Å². The van der Waals surface area contributed by atoms with Crippen LogP contribution in [-0.4, -0.2) is 22.7 Å². The van der Waals surface area contributed by atoms with Crippen molar-refractivity contribution >= 4 is 39.4 Å². The van der Waals surface area contributed by atoms with Crippen LogP contribution in [0.15, 0.2) is 83.2 Å². The fourth-order valence-corrected chi connectivity index (χ4v) is 4.17. The number of aromatic nitrogens is 2. The molecule has 0 atom stereocenters. The van der Waals surface area contributed by atoms with Gasteiger partial charge in [-0.25, -0.2) is 4.68 Å². The highest BCUT2D eigenvalue weighted by Crippen LogP contribution is 2.36. The van der Waals surface area contributed by atoms with Crippen LogP contribution in [0.4, 0.5) is 0 Å². The largest absolute Gasteiger partial charge is 0.495 e. The molecule has 0 bridgehead atoms. The van der Waals surface area contributed by atoms with Crippen LogP contribution >= 0.6 is 27.5 Å². The minimum absolute atomic E-state index is 0.174. The van der Waals surface area contributed by atoms with E-state index in [1.54, 1.807) is 42.1 Å². The molecule has 2 heterocycles. The van der Waals surface area contributed by atoms with E-state index in [0.29, 0.717) is 27.8 Å². The summed E-state index contributed by atoms with van der Waals surface area (Å²) in [6, 6.07) is 20.6. The summed E-state index contributed by atoms with van der Waals surface area (Å²) in [7, 11) is 1.57. The topological polar surface area (TPSA) is 53.4 Å². The summed E-state index contributed by atoms with van der Waals surface area (Å²) in [5, 5.41) is 5.25. The van der Waals surface area contributed by atoms with E-state index in [1.807, 2.05) is 48.7 Å². The number of halogens is 2. The van der Waals surface area contributed by atoms with Crippen LogP contribution < -0.4 is 9.47 Å². The van der Waals surface area contributed by atoms with Crippen molar-refractivity contribution in [3.63, 3.8) is 0 Å². The van der Waals surface area contributed by atoms with Gasteiger partial charge in [0, 0.05) is 21.8 Å². The zero-order chi connectivity index (χ0) is 22.2. The Labute approximate surface area is 198 Å². The van der Waals surface area contributed by atoms with E-state index >= 15 is 0 Å². The Balaban J connectivity index is 1.63. The summed E-state index contributed by atoms with van der Waals surface area (Å²) in [5.74, 6) is 1.18. The highest BCUT2D eigenvalue weighted by Gasteiger charge is 2.28. The summed E-state index contributed by atoms with van der Waals surface area (Å²) in [6.07, 6.45) is 3.58. The molecule has 0 N–H and O–H groups in total. The van der Waals surface area contributed by atoms with Gasteiger partial charge < -0.3 is 9.47 Å². The molecule has 0 aliphatic carbocycles. The standard InChI is InChI=1S/C25H16BrClN2O3/c1-31-22-9-7-15(11-20(22)27)24-16(14-29(28-24)18-5-3-2-4-6-18)12-23-25(30)19-13-17(26)8-10-21(19)32-23/h2-14H,1H3/b23-12-. The number of rotatable bonds is 4. The van der Waals surface area contributed by atoms with Gasteiger partial charge in [0.25, 0.3) is 0 Å². The molecular formula is C25H16BrClN2O3. The molecule has 0 unspecified atom stereocenters. The molecule has 5 nitrogen and oxygen atoms in total. The van der Waals surface area contributed by atoms with Crippen molar-refractivity contribution < 1.29 is 14.3 Å². The van der Waals surface area contributed by atoms with E-state index in [4.69, 9.17) is 26.2 Å². The molecule has 4 aromatic rings. The number of ether oxygens (including phenoxy) is 2.